The highest BCUT2D eigenvalue weighted by molar-refractivity contribution is 5.38. The highest BCUT2D eigenvalue weighted by Crippen LogP contribution is 2.27. The van der Waals surface area contributed by atoms with Gasteiger partial charge in [-0.15, -0.1) is 0 Å². The number of aryl methyl sites for hydroxylation is 2. The molecule has 1 aromatic carbocycles. The number of ether oxygens (including phenoxy) is 1. The fourth-order valence-electron chi connectivity index (χ4n) is 2.22. The summed E-state index contributed by atoms with van der Waals surface area (Å²) >= 11 is 0. The largest absolute Gasteiger partial charge is 0.496 e. The number of hydrogen-bond donors (Lipinski definition) is 1. The van der Waals surface area contributed by atoms with E-state index in [1.54, 1.807) is 13.3 Å². The molecule has 0 bridgehead atoms. The van der Waals surface area contributed by atoms with E-state index in [0.717, 1.165) is 29.1 Å². The summed E-state index contributed by atoms with van der Waals surface area (Å²) in [5, 5.41) is 10.4. The lowest BCUT2D eigenvalue weighted by molar-refractivity contribution is 0.151. The van der Waals surface area contributed by atoms with Gasteiger partial charge in [-0.25, -0.2) is 4.98 Å². The van der Waals surface area contributed by atoms with Crippen LogP contribution in [0, 0.1) is 6.92 Å². The predicted octanol–water partition coefficient (Wildman–Crippen LogP) is 2.50. The number of methoxy groups -OCH3 is 1. The average molecular weight is 260 g/mol. The number of aromatic nitrogens is 2. The molecular weight excluding hydrogens is 240 g/mol. The van der Waals surface area contributed by atoms with Gasteiger partial charge in [-0.1, -0.05) is 18.6 Å². The van der Waals surface area contributed by atoms with Crippen LogP contribution in [-0.2, 0) is 13.0 Å². The molecule has 4 heteroatoms. The molecule has 1 N–H and O–H groups in total. The number of aliphatic hydroxyl groups is 1. The summed E-state index contributed by atoms with van der Waals surface area (Å²) in [5.41, 5.74) is 1.93. The van der Waals surface area contributed by atoms with Crippen LogP contribution < -0.4 is 4.74 Å². The lowest BCUT2D eigenvalue weighted by Crippen LogP contribution is -2.11. The van der Waals surface area contributed by atoms with E-state index in [1.165, 1.54) is 0 Å². The van der Waals surface area contributed by atoms with Crippen LogP contribution in [0.4, 0.5) is 0 Å². The van der Waals surface area contributed by atoms with E-state index in [9.17, 15) is 5.11 Å². The van der Waals surface area contributed by atoms with Crippen molar-refractivity contribution in [2.45, 2.75) is 32.9 Å². The van der Waals surface area contributed by atoms with Gasteiger partial charge in [0.1, 0.15) is 17.7 Å². The molecule has 102 valence electrons. The van der Waals surface area contributed by atoms with E-state index >= 15 is 0 Å². The Kier molecular flexibility index (Phi) is 4.22. The number of imidazole rings is 1. The molecule has 0 saturated heterocycles. The van der Waals surface area contributed by atoms with Crippen LogP contribution in [0.15, 0.2) is 30.6 Å². The molecule has 1 aromatic heterocycles. The Morgan fingerprint density at radius 3 is 2.89 bits per heavy atom. The van der Waals surface area contributed by atoms with Gasteiger partial charge < -0.3 is 14.4 Å². The highest BCUT2D eigenvalue weighted by atomic mass is 16.5. The van der Waals surface area contributed by atoms with Crippen LogP contribution in [0.3, 0.4) is 0 Å². The molecule has 0 radical (unpaired) electrons. The van der Waals surface area contributed by atoms with E-state index in [2.05, 4.69) is 11.9 Å². The van der Waals surface area contributed by atoms with Crippen molar-refractivity contribution in [2.75, 3.05) is 7.11 Å². The van der Waals surface area contributed by atoms with Gasteiger partial charge in [0.25, 0.3) is 0 Å². The van der Waals surface area contributed by atoms with Gasteiger partial charge in [-0.2, -0.15) is 0 Å². The smallest absolute Gasteiger partial charge is 0.124 e. The lowest BCUT2D eigenvalue weighted by atomic mass is 10.1. The Labute approximate surface area is 113 Å². The van der Waals surface area contributed by atoms with E-state index < -0.39 is 6.10 Å². The third-order valence-electron chi connectivity index (χ3n) is 3.23. The second-order valence-electron chi connectivity index (χ2n) is 4.61. The second kappa shape index (κ2) is 5.89. The standard InChI is InChI=1S/C15H20N2O2/c1-4-15-16-7-8-17(15)10-13(18)12-9-11(2)5-6-14(12)19-3/h5-9,13,18H,4,10H2,1-3H3. The quantitative estimate of drug-likeness (QED) is 0.898. The highest BCUT2D eigenvalue weighted by Gasteiger charge is 2.15. The van der Waals surface area contributed by atoms with Gasteiger partial charge in [-0.3, -0.25) is 0 Å². The molecule has 0 fully saturated rings. The van der Waals surface area contributed by atoms with Crippen molar-refractivity contribution in [1.29, 1.82) is 0 Å². The third-order valence-corrected chi connectivity index (χ3v) is 3.23. The normalized spacial score (nSPS) is 12.4. The maximum atomic E-state index is 10.4. The fraction of sp³-hybridized carbons (Fsp3) is 0.400. The SMILES string of the molecule is CCc1nccn1CC(O)c1cc(C)ccc1OC. The van der Waals surface area contributed by atoms with Crippen LogP contribution >= 0.6 is 0 Å². The first kappa shape index (κ1) is 13.6. The predicted molar refractivity (Wildman–Crippen MR) is 74.3 cm³/mol. The first-order chi connectivity index (χ1) is 9.15. The molecule has 0 spiro atoms. The molecule has 4 nitrogen and oxygen atoms in total. The van der Waals surface area contributed by atoms with Crippen LogP contribution in [0.2, 0.25) is 0 Å². The number of nitrogens with zero attached hydrogens (tertiary/aromatic N) is 2. The Bertz CT molecular complexity index is 549. The average Bonchev–Trinajstić information content (AvgIpc) is 2.85. The molecule has 0 aliphatic carbocycles. The zero-order valence-electron chi connectivity index (χ0n) is 11.6. The van der Waals surface area contributed by atoms with Crippen LogP contribution in [0.25, 0.3) is 0 Å². The van der Waals surface area contributed by atoms with Gasteiger partial charge >= 0.3 is 0 Å². The molecule has 0 aliphatic rings. The first-order valence-corrected chi connectivity index (χ1v) is 6.48. The zero-order chi connectivity index (χ0) is 13.8. The minimum Gasteiger partial charge on any atom is -0.496 e. The monoisotopic (exact) mass is 260 g/mol. The fourth-order valence-corrected chi connectivity index (χ4v) is 2.22. The van der Waals surface area contributed by atoms with Gasteiger partial charge in [0, 0.05) is 24.4 Å². The Hall–Kier alpha value is -1.81. The molecule has 1 atom stereocenters. The molecule has 1 heterocycles. The number of rotatable bonds is 5. The van der Waals surface area contributed by atoms with Crippen molar-refractivity contribution in [1.82, 2.24) is 9.55 Å². The number of aliphatic hydroxyl groups excluding tert-OH is 1. The van der Waals surface area contributed by atoms with E-state index in [-0.39, 0.29) is 0 Å². The molecule has 0 amide bonds. The van der Waals surface area contributed by atoms with Gasteiger partial charge in [-0.05, 0) is 19.1 Å². The van der Waals surface area contributed by atoms with Crippen LogP contribution in [0.1, 0.15) is 30.0 Å². The van der Waals surface area contributed by atoms with Gasteiger partial charge in [0.2, 0.25) is 0 Å². The summed E-state index contributed by atoms with van der Waals surface area (Å²) < 4.78 is 7.29. The minimum atomic E-state index is -0.602. The zero-order valence-corrected chi connectivity index (χ0v) is 11.6. The van der Waals surface area contributed by atoms with Crippen molar-refractivity contribution in [3.05, 3.63) is 47.5 Å². The van der Waals surface area contributed by atoms with E-state index in [4.69, 9.17) is 4.74 Å². The second-order valence-corrected chi connectivity index (χ2v) is 4.61. The number of benzene rings is 1. The van der Waals surface area contributed by atoms with Crippen LogP contribution in [-0.4, -0.2) is 21.8 Å². The summed E-state index contributed by atoms with van der Waals surface area (Å²) in [6.07, 6.45) is 3.91. The van der Waals surface area contributed by atoms with Crippen molar-refractivity contribution < 1.29 is 9.84 Å². The third kappa shape index (κ3) is 2.96. The molecular formula is C15H20N2O2. The van der Waals surface area contributed by atoms with Crippen LogP contribution in [0.5, 0.6) is 5.75 Å². The maximum Gasteiger partial charge on any atom is 0.124 e. The summed E-state index contributed by atoms with van der Waals surface area (Å²) in [4.78, 5) is 4.26. The van der Waals surface area contributed by atoms with Crippen molar-refractivity contribution >= 4 is 0 Å². The van der Waals surface area contributed by atoms with E-state index in [0.29, 0.717) is 6.54 Å². The Morgan fingerprint density at radius 2 is 2.21 bits per heavy atom. The molecule has 2 rings (SSSR count). The first-order valence-electron chi connectivity index (χ1n) is 6.48. The molecule has 2 aromatic rings. The Balaban J connectivity index is 2.24. The Morgan fingerprint density at radius 1 is 1.42 bits per heavy atom. The maximum absolute atomic E-state index is 10.4. The molecule has 0 saturated carbocycles. The number of hydrogen-bond acceptors (Lipinski definition) is 3. The van der Waals surface area contributed by atoms with Gasteiger partial charge in [0.15, 0.2) is 0 Å². The van der Waals surface area contributed by atoms with E-state index in [1.807, 2.05) is 35.9 Å². The minimum absolute atomic E-state index is 0.489. The molecule has 19 heavy (non-hydrogen) atoms. The molecule has 1 unspecified atom stereocenters. The summed E-state index contributed by atoms with van der Waals surface area (Å²) in [6.45, 7) is 4.55. The lowest BCUT2D eigenvalue weighted by Gasteiger charge is -2.17. The van der Waals surface area contributed by atoms with Crippen molar-refractivity contribution in [3.63, 3.8) is 0 Å². The molecule has 0 aliphatic heterocycles. The summed E-state index contributed by atoms with van der Waals surface area (Å²) in [7, 11) is 1.62. The van der Waals surface area contributed by atoms with Gasteiger partial charge in [0.05, 0.1) is 13.7 Å². The van der Waals surface area contributed by atoms with Crippen molar-refractivity contribution in [2.24, 2.45) is 0 Å². The summed E-state index contributed by atoms with van der Waals surface area (Å²) in [6, 6.07) is 5.83. The topological polar surface area (TPSA) is 47.3 Å². The van der Waals surface area contributed by atoms with Crippen molar-refractivity contribution in [3.8, 4) is 5.75 Å². The summed E-state index contributed by atoms with van der Waals surface area (Å²) in [5.74, 6) is 1.70.